The molecule has 2 aromatic rings. The molecule has 2 aromatic carbocycles. The van der Waals surface area contributed by atoms with Gasteiger partial charge in [-0.3, -0.25) is 9.00 Å². The Hall–Kier alpha value is -1.98. The summed E-state index contributed by atoms with van der Waals surface area (Å²) in [6.07, 6.45) is 4.94. The van der Waals surface area contributed by atoms with Crippen molar-refractivity contribution in [3.63, 3.8) is 0 Å². The Balaban J connectivity index is 1.56. The molecule has 0 aromatic heterocycles. The summed E-state index contributed by atoms with van der Waals surface area (Å²) in [6, 6.07) is 12.0. The predicted octanol–water partition coefficient (Wildman–Crippen LogP) is 3.31. The molecule has 0 unspecified atom stereocenters. The second-order valence-electron chi connectivity index (χ2n) is 7.57. The van der Waals surface area contributed by atoms with Crippen LogP contribution in [0.15, 0.2) is 36.4 Å². The molecule has 0 spiro atoms. The molecule has 1 N–H and O–H groups in total. The lowest BCUT2D eigenvalue weighted by atomic mass is 9.95. The van der Waals surface area contributed by atoms with Gasteiger partial charge in [0.15, 0.2) is 0 Å². The van der Waals surface area contributed by atoms with Gasteiger partial charge in [-0.05, 0) is 72.6 Å². The van der Waals surface area contributed by atoms with E-state index < -0.39 is 16.4 Å². The van der Waals surface area contributed by atoms with Gasteiger partial charge in [0.25, 0.3) is 0 Å². The van der Waals surface area contributed by atoms with Crippen molar-refractivity contribution in [3.8, 4) is 16.9 Å². The van der Waals surface area contributed by atoms with Crippen molar-refractivity contribution < 1.29 is 18.8 Å². The number of hydrogen-bond acceptors (Lipinski definition) is 4. The first-order valence-electron chi connectivity index (χ1n) is 9.48. The zero-order valence-electron chi connectivity index (χ0n) is 15.3. The summed E-state index contributed by atoms with van der Waals surface area (Å²) in [6.45, 7) is 0.231. The van der Waals surface area contributed by atoms with Crippen LogP contribution in [0.4, 0.5) is 0 Å². The van der Waals surface area contributed by atoms with Gasteiger partial charge in [-0.15, -0.1) is 0 Å². The van der Waals surface area contributed by atoms with Crippen molar-refractivity contribution in [2.24, 2.45) is 0 Å². The number of carbonyl (C=O) groups excluding carboxylic acids is 1. The summed E-state index contributed by atoms with van der Waals surface area (Å²) in [5.41, 5.74) is 4.59. The normalized spacial score (nSPS) is 24.4. The molecule has 1 saturated heterocycles. The third kappa shape index (κ3) is 3.99. The van der Waals surface area contributed by atoms with Gasteiger partial charge >= 0.3 is 0 Å². The maximum Gasteiger partial charge on any atom is 0.150 e. The predicted molar refractivity (Wildman–Crippen MR) is 107 cm³/mol. The Morgan fingerprint density at radius 2 is 1.81 bits per heavy atom. The van der Waals surface area contributed by atoms with Crippen LogP contribution < -0.4 is 4.74 Å². The first-order chi connectivity index (χ1) is 13.1. The van der Waals surface area contributed by atoms with Crippen molar-refractivity contribution >= 4 is 17.1 Å². The molecule has 4 rings (SSSR count). The Kier molecular flexibility index (Phi) is 5.15. The van der Waals surface area contributed by atoms with E-state index in [1.807, 2.05) is 18.2 Å². The van der Waals surface area contributed by atoms with E-state index in [4.69, 9.17) is 4.74 Å². The molecular weight excluding hydrogens is 360 g/mol. The van der Waals surface area contributed by atoms with E-state index in [-0.39, 0.29) is 6.61 Å². The molecule has 27 heavy (non-hydrogen) atoms. The number of hydrogen-bond donors (Lipinski definition) is 1. The standard InChI is InChI=1S/C22H24O4S/c23-14-16-4-5-17-2-1-3-18-13-19(6-7-20(18)21(17)12-16)26-15-22(24)8-10-27(25)11-9-22/h4-7,12-14,24H,1-3,8-11,15H2. The molecule has 142 valence electrons. The monoisotopic (exact) mass is 384 g/mol. The van der Waals surface area contributed by atoms with E-state index in [9.17, 15) is 14.1 Å². The summed E-state index contributed by atoms with van der Waals surface area (Å²) < 4.78 is 17.4. The number of carbonyl (C=O) groups is 1. The van der Waals surface area contributed by atoms with Crippen LogP contribution in [-0.4, -0.2) is 39.3 Å². The Morgan fingerprint density at radius 3 is 2.59 bits per heavy atom. The average molecular weight is 384 g/mol. The fourth-order valence-electron chi connectivity index (χ4n) is 3.93. The minimum absolute atomic E-state index is 0.231. The third-order valence-electron chi connectivity index (χ3n) is 5.63. The SMILES string of the molecule is O=Cc1ccc2c(c1)-c1ccc(OCC3(O)CCS(=O)CC3)cc1CCC2. The van der Waals surface area contributed by atoms with Crippen LogP contribution in [0.5, 0.6) is 5.75 Å². The van der Waals surface area contributed by atoms with Crippen LogP contribution in [0.3, 0.4) is 0 Å². The summed E-state index contributed by atoms with van der Waals surface area (Å²) in [4.78, 5) is 11.2. The van der Waals surface area contributed by atoms with Gasteiger partial charge in [-0.25, -0.2) is 0 Å². The Labute approximate surface area is 162 Å². The second-order valence-corrected chi connectivity index (χ2v) is 9.26. The molecule has 4 nitrogen and oxygen atoms in total. The van der Waals surface area contributed by atoms with Gasteiger partial charge in [-0.1, -0.05) is 18.2 Å². The second kappa shape index (κ2) is 7.56. The molecule has 0 amide bonds. The third-order valence-corrected chi connectivity index (χ3v) is 6.95. The fraction of sp³-hybridized carbons (Fsp3) is 0.409. The average Bonchev–Trinajstić information content (AvgIpc) is 2.87. The zero-order valence-corrected chi connectivity index (χ0v) is 16.1. The number of benzene rings is 2. The van der Waals surface area contributed by atoms with Gasteiger partial charge in [0.05, 0.1) is 0 Å². The molecular formula is C22H24O4S. The highest BCUT2D eigenvalue weighted by Crippen LogP contribution is 2.35. The van der Waals surface area contributed by atoms with Gasteiger partial charge in [0, 0.05) is 27.9 Å². The summed E-state index contributed by atoms with van der Waals surface area (Å²) >= 11 is 0. The largest absolute Gasteiger partial charge is 0.491 e. The number of aliphatic hydroxyl groups is 1. The number of aldehydes is 1. The molecule has 1 aliphatic carbocycles. The smallest absolute Gasteiger partial charge is 0.150 e. The number of ether oxygens (including phenoxy) is 1. The van der Waals surface area contributed by atoms with Crippen LogP contribution in [0, 0.1) is 0 Å². The quantitative estimate of drug-likeness (QED) is 0.822. The Bertz CT molecular complexity index is 880. The van der Waals surface area contributed by atoms with Crippen LogP contribution >= 0.6 is 0 Å². The van der Waals surface area contributed by atoms with E-state index in [1.165, 1.54) is 11.1 Å². The van der Waals surface area contributed by atoms with Gasteiger partial charge < -0.3 is 9.84 Å². The van der Waals surface area contributed by atoms with E-state index in [2.05, 4.69) is 18.2 Å². The fourth-order valence-corrected chi connectivity index (χ4v) is 5.35. The maximum absolute atomic E-state index is 11.5. The van der Waals surface area contributed by atoms with Crippen LogP contribution in [-0.2, 0) is 23.6 Å². The van der Waals surface area contributed by atoms with Crippen molar-refractivity contribution in [1.29, 1.82) is 0 Å². The summed E-state index contributed by atoms with van der Waals surface area (Å²) in [5, 5.41) is 10.6. The van der Waals surface area contributed by atoms with Crippen LogP contribution in [0.2, 0.25) is 0 Å². The Morgan fingerprint density at radius 1 is 1.04 bits per heavy atom. The van der Waals surface area contributed by atoms with E-state index in [0.717, 1.165) is 42.4 Å². The maximum atomic E-state index is 11.5. The molecule has 2 aliphatic rings. The van der Waals surface area contributed by atoms with E-state index in [1.54, 1.807) is 0 Å². The van der Waals surface area contributed by atoms with E-state index >= 15 is 0 Å². The number of fused-ring (bicyclic) bond motifs is 3. The molecule has 1 aliphatic heterocycles. The zero-order chi connectivity index (χ0) is 18.9. The van der Waals surface area contributed by atoms with Crippen molar-refractivity contribution in [3.05, 3.63) is 53.1 Å². The highest BCUT2D eigenvalue weighted by Gasteiger charge is 2.32. The number of aryl methyl sites for hydroxylation is 2. The topological polar surface area (TPSA) is 63.6 Å². The highest BCUT2D eigenvalue weighted by atomic mass is 32.2. The number of rotatable bonds is 4. The molecule has 0 bridgehead atoms. The van der Waals surface area contributed by atoms with Crippen molar-refractivity contribution in [2.45, 2.75) is 37.7 Å². The van der Waals surface area contributed by atoms with Crippen LogP contribution in [0.25, 0.3) is 11.1 Å². The molecule has 1 fully saturated rings. The molecule has 5 heteroatoms. The van der Waals surface area contributed by atoms with Crippen molar-refractivity contribution in [1.82, 2.24) is 0 Å². The lowest BCUT2D eigenvalue weighted by Crippen LogP contribution is -2.42. The van der Waals surface area contributed by atoms with Gasteiger partial charge in [-0.2, -0.15) is 0 Å². The van der Waals surface area contributed by atoms with E-state index in [0.29, 0.717) is 29.9 Å². The molecule has 0 saturated carbocycles. The van der Waals surface area contributed by atoms with Gasteiger partial charge in [0.2, 0.25) is 0 Å². The summed E-state index contributed by atoms with van der Waals surface area (Å²) in [5.74, 6) is 1.84. The molecule has 0 radical (unpaired) electrons. The molecule has 1 heterocycles. The first-order valence-corrected chi connectivity index (χ1v) is 11.0. The lowest BCUT2D eigenvalue weighted by Gasteiger charge is -2.31. The van der Waals surface area contributed by atoms with Crippen molar-refractivity contribution in [2.75, 3.05) is 18.1 Å². The lowest BCUT2D eigenvalue weighted by molar-refractivity contribution is -0.0122. The molecule has 0 atom stereocenters. The minimum Gasteiger partial charge on any atom is -0.491 e. The van der Waals surface area contributed by atoms with Gasteiger partial charge in [0.1, 0.15) is 24.2 Å². The highest BCUT2D eigenvalue weighted by molar-refractivity contribution is 7.85. The van der Waals surface area contributed by atoms with Crippen LogP contribution in [0.1, 0.15) is 40.7 Å². The summed E-state index contributed by atoms with van der Waals surface area (Å²) in [7, 11) is -0.803. The minimum atomic E-state index is -0.883. The first kappa shape index (κ1) is 18.4.